The van der Waals surface area contributed by atoms with Crippen LogP contribution in [0.3, 0.4) is 0 Å². The van der Waals surface area contributed by atoms with E-state index in [9.17, 15) is 0 Å². The first kappa shape index (κ1) is 23.3. The average Bonchev–Trinajstić information content (AvgIpc) is 3.18. The van der Waals surface area contributed by atoms with Gasteiger partial charge in [0, 0.05) is 39.9 Å². The zero-order chi connectivity index (χ0) is 22.9. The van der Waals surface area contributed by atoms with Crippen LogP contribution >= 0.6 is 0 Å². The molecule has 1 aliphatic rings. The lowest BCUT2D eigenvalue weighted by Crippen LogP contribution is -2.37. The van der Waals surface area contributed by atoms with E-state index in [1.807, 2.05) is 6.07 Å². The van der Waals surface area contributed by atoms with Crippen LogP contribution in [0.15, 0.2) is 53.5 Å². The van der Waals surface area contributed by atoms with Crippen molar-refractivity contribution in [2.24, 2.45) is 4.99 Å². The number of hydrogen-bond donors (Lipinski definition) is 2. The number of aryl methyl sites for hydroxylation is 2. The van der Waals surface area contributed by atoms with E-state index in [1.54, 1.807) is 7.05 Å². The van der Waals surface area contributed by atoms with E-state index >= 15 is 0 Å². The van der Waals surface area contributed by atoms with Crippen molar-refractivity contribution in [1.82, 2.24) is 20.2 Å². The largest absolute Gasteiger partial charge is 0.381 e. The molecule has 0 unspecified atom stereocenters. The molecule has 1 aliphatic heterocycles. The summed E-state index contributed by atoms with van der Waals surface area (Å²) < 4.78 is 13.7. The second kappa shape index (κ2) is 11.8. The molecule has 0 spiro atoms. The molecule has 2 aromatic carbocycles. The number of aliphatic imine (C=N–C) groups is 1. The van der Waals surface area contributed by atoms with E-state index in [2.05, 4.69) is 74.6 Å². The Balaban J connectivity index is 1.20. The van der Waals surface area contributed by atoms with E-state index < -0.39 is 0 Å². The van der Waals surface area contributed by atoms with Gasteiger partial charge in [-0.3, -0.25) is 4.99 Å². The van der Waals surface area contributed by atoms with Crippen LogP contribution in [0, 0.1) is 6.92 Å². The molecule has 1 saturated heterocycles. The number of rotatable bonds is 9. The smallest absolute Gasteiger partial charge is 0.191 e. The Morgan fingerprint density at radius 1 is 1.12 bits per heavy atom. The molecule has 0 radical (unpaired) electrons. The highest BCUT2D eigenvalue weighted by atomic mass is 16.5. The summed E-state index contributed by atoms with van der Waals surface area (Å²) in [6.45, 7) is 6.80. The summed E-state index contributed by atoms with van der Waals surface area (Å²) in [7, 11) is 1.81. The van der Waals surface area contributed by atoms with Crippen LogP contribution < -0.4 is 10.6 Å². The van der Waals surface area contributed by atoms with Gasteiger partial charge in [0.25, 0.3) is 0 Å². The number of nitrogens with one attached hydrogen (secondary N) is 2. The Kier molecular flexibility index (Phi) is 8.33. The number of guanidine groups is 1. The summed E-state index contributed by atoms with van der Waals surface area (Å²) in [5.74, 6) is 1.87. The minimum atomic E-state index is 0.313. The normalized spacial score (nSPS) is 15.2. The van der Waals surface area contributed by atoms with Gasteiger partial charge in [-0.2, -0.15) is 0 Å². The molecule has 1 aromatic heterocycles. The highest BCUT2D eigenvalue weighted by Gasteiger charge is 2.14. The molecule has 3 aromatic rings. The Hall–Kier alpha value is -2.90. The van der Waals surface area contributed by atoms with Gasteiger partial charge in [-0.25, -0.2) is 4.98 Å². The predicted octanol–water partition coefficient (Wildman–Crippen LogP) is 3.80. The second-order valence-electron chi connectivity index (χ2n) is 8.45. The molecule has 2 N–H and O–H groups in total. The van der Waals surface area contributed by atoms with Crippen LogP contribution in [0.4, 0.5) is 0 Å². The molecule has 1 fully saturated rings. The number of fused-ring (bicyclic) bond motifs is 1. The number of para-hydroxylation sites is 2. The van der Waals surface area contributed by atoms with Gasteiger partial charge in [-0.05, 0) is 49.4 Å². The Morgan fingerprint density at radius 2 is 1.94 bits per heavy atom. The molecule has 4 rings (SSSR count). The minimum absolute atomic E-state index is 0.313. The number of imidazole rings is 1. The quantitative estimate of drug-likeness (QED) is 0.295. The first-order chi connectivity index (χ1) is 16.2. The number of ether oxygens (including phenoxy) is 2. The summed E-state index contributed by atoms with van der Waals surface area (Å²) >= 11 is 0. The van der Waals surface area contributed by atoms with E-state index in [-0.39, 0.29) is 0 Å². The highest BCUT2D eigenvalue weighted by Crippen LogP contribution is 2.16. The van der Waals surface area contributed by atoms with Crippen LogP contribution in [0.1, 0.15) is 36.2 Å². The molecule has 0 atom stereocenters. The van der Waals surface area contributed by atoms with Crippen LogP contribution in [0.25, 0.3) is 11.0 Å². The van der Waals surface area contributed by atoms with Crippen molar-refractivity contribution in [3.05, 3.63) is 65.5 Å². The monoisotopic (exact) mass is 449 g/mol. The molecule has 33 heavy (non-hydrogen) atoms. The van der Waals surface area contributed by atoms with Crippen molar-refractivity contribution in [2.75, 3.05) is 26.8 Å². The number of nitrogens with zero attached hydrogens (tertiary/aromatic N) is 3. The van der Waals surface area contributed by atoms with Crippen molar-refractivity contribution < 1.29 is 9.47 Å². The lowest BCUT2D eigenvalue weighted by Gasteiger charge is -2.22. The van der Waals surface area contributed by atoms with Gasteiger partial charge in [0.15, 0.2) is 5.96 Å². The predicted molar refractivity (Wildman–Crippen MR) is 132 cm³/mol. The third kappa shape index (κ3) is 6.55. The molecule has 0 saturated carbocycles. The molecule has 176 valence electrons. The fourth-order valence-corrected chi connectivity index (χ4v) is 4.21. The van der Waals surface area contributed by atoms with Crippen molar-refractivity contribution in [1.29, 1.82) is 0 Å². The summed E-state index contributed by atoms with van der Waals surface area (Å²) in [6, 6.07) is 16.8. The van der Waals surface area contributed by atoms with E-state index in [1.165, 1.54) is 16.6 Å². The molecule has 0 bridgehead atoms. The van der Waals surface area contributed by atoms with Crippen LogP contribution in [0.2, 0.25) is 0 Å². The third-order valence-corrected chi connectivity index (χ3v) is 6.03. The van der Waals surface area contributed by atoms with Crippen LogP contribution in [-0.4, -0.2) is 48.4 Å². The van der Waals surface area contributed by atoms with Gasteiger partial charge in [-0.1, -0.05) is 36.4 Å². The summed E-state index contributed by atoms with van der Waals surface area (Å²) in [5.41, 5.74) is 4.66. The lowest BCUT2D eigenvalue weighted by molar-refractivity contribution is -0.0390. The molecule has 7 heteroatoms. The van der Waals surface area contributed by atoms with Gasteiger partial charge in [0.05, 0.1) is 23.7 Å². The summed E-state index contributed by atoms with van der Waals surface area (Å²) in [6.07, 6.45) is 3.27. The third-order valence-electron chi connectivity index (χ3n) is 6.03. The van der Waals surface area contributed by atoms with Crippen molar-refractivity contribution in [2.45, 2.75) is 52.0 Å². The van der Waals surface area contributed by atoms with Crippen molar-refractivity contribution in [3.63, 3.8) is 0 Å². The molecule has 0 aliphatic carbocycles. The fraction of sp³-hybridized carbons (Fsp3) is 0.462. The SMILES string of the molecule is CN=C(NCCCn1c(C)nc2ccccc21)NCc1cccc(COC2CCOCC2)c1. The molecule has 7 nitrogen and oxygen atoms in total. The Bertz CT molecular complexity index is 1060. The lowest BCUT2D eigenvalue weighted by atomic mass is 10.1. The summed E-state index contributed by atoms with van der Waals surface area (Å²) in [4.78, 5) is 9.01. The molecule has 0 amide bonds. The molecule has 2 heterocycles. The standard InChI is InChI=1S/C26H35N5O2/c1-20-30-24-9-3-4-10-25(24)31(20)14-6-13-28-26(27-2)29-18-21-7-5-8-22(17-21)19-33-23-11-15-32-16-12-23/h3-5,7-10,17,23H,6,11-16,18-19H2,1-2H3,(H2,27,28,29). The van der Waals surface area contributed by atoms with E-state index in [0.717, 1.165) is 69.4 Å². The first-order valence-electron chi connectivity index (χ1n) is 11.9. The van der Waals surface area contributed by atoms with Crippen molar-refractivity contribution >= 4 is 17.0 Å². The Labute approximate surface area is 196 Å². The van der Waals surface area contributed by atoms with Gasteiger partial charge < -0.3 is 24.7 Å². The average molecular weight is 450 g/mol. The van der Waals surface area contributed by atoms with Gasteiger partial charge in [0.2, 0.25) is 0 Å². The fourth-order valence-electron chi connectivity index (χ4n) is 4.21. The maximum atomic E-state index is 6.06. The summed E-state index contributed by atoms with van der Waals surface area (Å²) in [5, 5.41) is 6.84. The maximum absolute atomic E-state index is 6.06. The zero-order valence-electron chi connectivity index (χ0n) is 19.7. The zero-order valence-corrected chi connectivity index (χ0v) is 19.7. The van der Waals surface area contributed by atoms with Crippen molar-refractivity contribution in [3.8, 4) is 0 Å². The topological polar surface area (TPSA) is 72.7 Å². The Morgan fingerprint density at radius 3 is 2.79 bits per heavy atom. The maximum Gasteiger partial charge on any atom is 0.191 e. The minimum Gasteiger partial charge on any atom is -0.381 e. The van der Waals surface area contributed by atoms with Gasteiger partial charge in [-0.15, -0.1) is 0 Å². The van der Waals surface area contributed by atoms with Crippen LogP contribution in [0.5, 0.6) is 0 Å². The highest BCUT2D eigenvalue weighted by molar-refractivity contribution is 5.79. The van der Waals surface area contributed by atoms with Crippen LogP contribution in [-0.2, 0) is 29.2 Å². The van der Waals surface area contributed by atoms with E-state index in [0.29, 0.717) is 12.7 Å². The first-order valence-corrected chi connectivity index (χ1v) is 11.9. The second-order valence-corrected chi connectivity index (χ2v) is 8.45. The molecular weight excluding hydrogens is 414 g/mol. The number of benzene rings is 2. The van der Waals surface area contributed by atoms with E-state index in [4.69, 9.17) is 9.47 Å². The molecular formula is C26H35N5O2. The number of hydrogen-bond acceptors (Lipinski definition) is 4. The number of aromatic nitrogens is 2. The van der Waals surface area contributed by atoms with Gasteiger partial charge >= 0.3 is 0 Å². The van der Waals surface area contributed by atoms with Gasteiger partial charge in [0.1, 0.15) is 5.82 Å².